The van der Waals surface area contributed by atoms with Gasteiger partial charge in [0.2, 0.25) is 0 Å². The van der Waals surface area contributed by atoms with Gasteiger partial charge in [0.1, 0.15) is 17.5 Å². The molecule has 0 amide bonds. The monoisotopic (exact) mass is 1730 g/mol. The summed E-state index contributed by atoms with van der Waals surface area (Å²) in [6.45, 7) is 6.37. The fourth-order valence-electron chi connectivity index (χ4n) is 19.8. The summed E-state index contributed by atoms with van der Waals surface area (Å²) >= 11 is 0. The van der Waals surface area contributed by atoms with E-state index < -0.39 is 21.4 Å². The van der Waals surface area contributed by atoms with Gasteiger partial charge in [0, 0.05) is 84.2 Å². The Labute approximate surface area is 752 Å². The van der Waals surface area contributed by atoms with Gasteiger partial charge < -0.3 is 18.3 Å². The van der Waals surface area contributed by atoms with Crippen molar-refractivity contribution in [1.82, 2.24) is 48.2 Å². The zero-order valence-corrected chi connectivity index (χ0v) is 74.1. The van der Waals surface area contributed by atoms with E-state index in [0.717, 1.165) is 196 Å². The minimum atomic E-state index is -3.40. The molecule has 0 fully saturated rings. The average molecular weight is 1730 g/mol. The number of hydrogen-bond acceptors (Lipinski definition) is 9. The molecule has 17 aromatic carbocycles. The Balaban J connectivity index is 0.000000111. The molecule has 5 aromatic heterocycles. The third-order valence-corrected chi connectivity index (χ3v) is 35.1. The molecule has 0 radical (unpaired) electrons. The first-order chi connectivity index (χ1) is 64.0. The van der Waals surface area contributed by atoms with Gasteiger partial charge in [0.15, 0.2) is 38.9 Å². The molecule has 622 valence electrons. The van der Waals surface area contributed by atoms with E-state index in [0.29, 0.717) is 22.8 Å². The molecular formula is C114H83N10O3P3. The van der Waals surface area contributed by atoms with Crippen LogP contribution < -0.4 is 47.7 Å². The Hall–Kier alpha value is -15.4. The lowest BCUT2D eigenvalue weighted by Crippen LogP contribution is -2.34. The summed E-state index contributed by atoms with van der Waals surface area (Å²) in [5.74, 6) is 4.47. The fourth-order valence-corrected chi connectivity index (χ4v) is 29.4. The third-order valence-electron chi connectivity index (χ3n) is 25.6. The highest BCUT2D eigenvalue weighted by Crippen LogP contribution is 2.56. The summed E-state index contributed by atoms with van der Waals surface area (Å²) in [6.07, 6.45) is 2.28. The van der Waals surface area contributed by atoms with Crippen LogP contribution in [0.4, 0.5) is 0 Å². The van der Waals surface area contributed by atoms with Gasteiger partial charge in [-0.3, -0.25) is 13.7 Å². The summed E-state index contributed by atoms with van der Waals surface area (Å²) in [5, 5.41) is 9.89. The van der Waals surface area contributed by atoms with Crippen LogP contribution in [-0.2, 0) is 33.0 Å². The Bertz CT molecular complexity index is 7900. The van der Waals surface area contributed by atoms with Gasteiger partial charge in [0.25, 0.3) is 0 Å². The molecule has 8 heterocycles. The van der Waals surface area contributed by atoms with Gasteiger partial charge >= 0.3 is 0 Å². The van der Waals surface area contributed by atoms with Gasteiger partial charge in [0.05, 0.1) is 77.1 Å². The molecule has 3 atom stereocenters. The maximum Gasteiger partial charge on any atom is 0.175 e. The molecule has 0 bridgehead atoms. The smallest absolute Gasteiger partial charge is 0.175 e. The molecule has 25 rings (SSSR count). The van der Waals surface area contributed by atoms with Crippen molar-refractivity contribution in [2.75, 3.05) is 0 Å². The molecular weight excluding hydrogens is 1650 g/mol. The number of hydrogen-bond donors (Lipinski definition) is 0. The molecule has 130 heavy (non-hydrogen) atoms. The summed E-state index contributed by atoms with van der Waals surface area (Å²) in [6, 6.07) is 140. The second-order valence-electron chi connectivity index (χ2n) is 32.9. The SMILES string of the molecule is CCc1nc2ccc(-c3cc(-c4ccccc4)cc(-c4ccccc4)c3)c3c2n1-c1ccccc1P3(=O)c1ccccc1.CCc1nc2ccc(-c3ccc(-n4c5ccccc5c5ccccc54)cc3)c3c2n1-c1ccccc1P3(=O)c1ccccc1.CCc1nc2ccc(-c3nc(-c4ccccc4)nc(-c4ccccc4)n3)c3c2n1-c1ccccc1P3(=O)c1ccccc1. The lowest BCUT2D eigenvalue weighted by Gasteiger charge is -2.31. The maximum absolute atomic E-state index is 16.0. The lowest BCUT2D eigenvalue weighted by atomic mass is 9.93. The van der Waals surface area contributed by atoms with Gasteiger partial charge in [-0.15, -0.1) is 0 Å². The summed E-state index contributed by atoms with van der Waals surface area (Å²) in [4.78, 5) is 30.1. The summed E-state index contributed by atoms with van der Waals surface area (Å²) < 4.78 is 56.8. The van der Waals surface area contributed by atoms with E-state index in [1.54, 1.807) is 0 Å². The predicted octanol–water partition coefficient (Wildman–Crippen LogP) is 23.6. The number of aromatic nitrogens is 10. The zero-order chi connectivity index (χ0) is 87.4. The lowest BCUT2D eigenvalue weighted by molar-refractivity contribution is 0.591. The highest BCUT2D eigenvalue weighted by molar-refractivity contribution is 7.87. The first kappa shape index (κ1) is 79.3. The molecule has 0 aliphatic carbocycles. The first-order valence-electron chi connectivity index (χ1n) is 44.2. The van der Waals surface area contributed by atoms with E-state index >= 15 is 13.7 Å². The van der Waals surface area contributed by atoms with Gasteiger partial charge in [-0.25, -0.2) is 29.9 Å². The number of aryl methyl sites for hydroxylation is 3. The minimum absolute atomic E-state index is 0.478. The van der Waals surface area contributed by atoms with Crippen LogP contribution in [-0.4, -0.2) is 48.2 Å². The summed E-state index contributed by atoms with van der Waals surface area (Å²) in [7, 11) is -9.95. The molecule has 0 saturated carbocycles. The van der Waals surface area contributed by atoms with Crippen LogP contribution >= 0.6 is 21.4 Å². The molecule has 3 aliphatic rings. The molecule has 22 aromatic rings. The van der Waals surface area contributed by atoms with Crippen LogP contribution in [0.2, 0.25) is 0 Å². The van der Waals surface area contributed by atoms with Crippen LogP contribution in [0.25, 0.3) is 156 Å². The van der Waals surface area contributed by atoms with E-state index in [-0.39, 0.29) is 0 Å². The maximum atomic E-state index is 16.0. The van der Waals surface area contributed by atoms with Crippen LogP contribution in [0, 0.1) is 0 Å². The Kier molecular flexibility index (Phi) is 19.6. The second-order valence-corrected chi connectivity index (χ2v) is 40.9. The molecule has 3 aliphatic heterocycles. The van der Waals surface area contributed by atoms with E-state index in [9.17, 15) is 0 Å². The third kappa shape index (κ3) is 12.7. The van der Waals surface area contributed by atoms with E-state index in [2.05, 4.69) is 215 Å². The number of nitrogens with zero attached hydrogens (tertiary/aromatic N) is 10. The van der Waals surface area contributed by atoms with Crippen molar-refractivity contribution in [2.24, 2.45) is 0 Å². The van der Waals surface area contributed by atoms with Gasteiger partial charge in [-0.1, -0.05) is 330 Å². The van der Waals surface area contributed by atoms with Crippen molar-refractivity contribution in [3.05, 3.63) is 430 Å². The quantitative estimate of drug-likeness (QED) is 0.0970. The molecule has 0 N–H and O–H groups in total. The number of rotatable bonds is 14. The molecule has 3 unspecified atom stereocenters. The normalized spacial score (nSPS) is 15.5. The molecule has 16 heteroatoms. The van der Waals surface area contributed by atoms with Crippen molar-refractivity contribution in [3.8, 4) is 101 Å². The summed E-state index contributed by atoms with van der Waals surface area (Å²) in [5.41, 5.74) is 22.7. The second kappa shape index (κ2) is 32.2. The van der Waals surface area contributed by atoms with E-state index in [1.165, 1.54) is 21.8 Å². The van der Waals surface area contributed by atoms with Crippen molar-refractivity contribution in [1.29, 1.82) is 0 Å². The van der Waals surface area contributed by atoms with Crippen molar-refractivity contribution < 1.29 is 13.7 Å². The fraction of sp³-hybridized carbons (Fsp3) is 0.0526. The van der Waals surface area contributed by atoms with Crippen LogP contribution in [0.1, 0.15) is 38.2 Å². The standard InChI is InChI=1S/C39H28N3OP.C39H29N2OP.C36H26N5OP/c1-2-37-40-32-25-24-29(39-38(32)42(37)35-18-10-11-19-36(35)44(39,43)28-12-4-3-5-13-28)26-20-22-27(23-21-26)41-33-16-8-6-14-30(33)31-15-7-9-17-34(31)41;1-2-37-40-34-23-22-33(31-25-29(27-14-6-3-7-15-27)24-30(26-31)28-16-8-4-9-17-28)39-38(34)41(37)35-20-12-13-21-36(35)43(39,42)32-18-10-5-11-19-32;1-2-31-37-28-23-22-27(36-39-34(24-14-6-3-7-15-24)38-35(40-36)25-16-8-4-9-17-25)33-32(28)41(31)29-20-12-13-21-30(29)43(33,42)26-18-10-5-11-19-26/h3-25H,2H2,1H3;3-26H,2H2,1H3;3-23H,2H2,1H3. The first-order valence-corrected chi connectivity index (χ1v) is 49.3. The van der Waals surface area contributed by atoms with Crippen molar-refractivity contribution in [3.63, 3.8) is 0 Å². The molecule has 0 spiro atoms. The molecule has 13 nitrogen and oxygen atoms in total. The van der Waals surface area contributed by atoms with E-state index in [4.69, 9.17) is 29.9 Å². The van der Waals surface area contributed by atoms with Gasteiger partial charge in [-0.2, -0.15) is 0 Å². The number of benzene rings is 17. The Morgan fingerprint density at radius 2 is 0.523 bits per heavy atom. The zero-order valence-electron chi connectivity index (χ0n) is 71.4. The largest absolute Gasteiger partial charge is 0.309 e. The topological polar surface area (TPSA) is 148 Å². The highest BCUT2D eigenvalue weighted by atomic mass is 31.2. The number of para-hydroxylation sites is 5. The Morgan fingerprint density at radius 3 is 0.892 bits per heavy atom. The van der Waals surface area contributed by atoms with Crippen LogP contribution in [0.15, 0.2) is 413 Å². The Morgan fingerprint density at radius 1 is 0.231 bits per heavy atom. The van der Waals surface area contributed by atoms with Gasteiger partial charge in [-0.05, 0) is 148 Å². The number of fused-ring (bicyclic) bond motifs is 9. The van der Waals surface area contributed by atoms with Crippen molar-refractivity contribution in [2.45, 2.75) is 40.0 Å². The highest BCUT2D eigenvalue weighted by Gasteiger charge is 2.46. The average Bonchev–Trinajstić information content (AvgIpc) is 1.40. The molecule has 0 saturated heterocycles. The van der Waals surface area contributed by atoms with Crippen molar-refractivity contribution >= 4 is 124 Å². The van der Waals surface area contributed by atoms with Crippen LogP contribution in [0.5, 0.6) is 0 Å². The minimum Gasteiger partial charge on any atom is -0.309 e. The van der Waals surface area contributed by atoms with Crippen LogP contribution in [0.3, 0.4) is 0 Å². The number of imidazole rings is 3. The predicted molar refractivity (Wildman–Crippen MR) is 536 cm³/mol. The van der Waals surface area contributed by atoms with E-state index in [1.807, 2.05) is 237 Å².